The molecule has 46 heavy (non-hydrogen) atoms. The van der Waals surface area contributed by atoms with E-state index >= 15 is 0 Å². The molecule has 1 N–H and O–H groups in total. The lowest BCUT2D eigenvalue weighted by Crippen LogP contribution is -2.29. The van der Waals surface area contributed by atoms with Crippen LogP contribution in [0, 0.1) is 13.8 Å². The third kappa shape index (κ3) is 12.9. The summed E-state index contributed by atoms with van der Waals surface area (Å²) >= 11 is 11.6. The Labute approximate surface area is 279 Å². The fourth-order valence-electron chi connectivity index (χ4n) is 3.73. The molecule has 11 nitrogen and oxygen atoms in total. The van der Waals surface area contributed by atoms with Gasteiger partial charge in [-0.1, -0.05) is 0 Å². The van der Waals surface area contributed by atoms with E-state index in [0.29, 0.717) is 17.2 Å². The summed E-state index contributed by atoms with van der Waals surface area (Å²) in [6.45, 7) is 19.5. The standard InChI is InChI=1S/C14H17ClN2O2.C10H18O5.C9H9ClN2/c1-9-5-10-6-11(7-15)17(12(10)16-8-9)13(18)19-14(2,3)4;1-9(2,3)14-7(11)13-8(12)15-10(4,5)6;1-6-2-7-3-8(4-10)12-9(7)11-5-6/h5-6,8H,7H2,1-4H3;1-6H3;2-3,5H,4H2,1H3,(H,11,12). The van der Waals surface area contributed by atoms with Gasteiger partial charge in [0.05, 0.1) is 11.8 Å². The Balaban J connectivity index is 0.000000247. The Morgan fingerprint density at radius 1 is 0.717 bits per heavy atom. The van der Waals surface area contributed by atoms with Crippen molar-refractivity contribution in [1.29, 1.82) is 0 Å². The number of nitrogens with one attached hydrogen (secondary N) is 1. The Hall–Kier alpha value is -3.83. The molecule has 0 saturated carbocycles. The highest BCUT2D eigenvalue weighted by Crippen LogP contribution is 2.22. The van der Waals surface area contributed by atoms with E-state index < -0.39 is 35.2 Å². The number of carbonyl (C=O) groups is 3. The van der Waals surface area contributed by atoms with Gasteiger partial charge in [-0.25, -0.2) is 28.9 Å². The fourth-order valence-corrected chi connectivity index (χ4v) is 4.07. The number of carbonyl (C=O) groups excluding carboxylic acids is 3. The molecule has 4 aromatic rings. The summed E-state index contributed by atoms with van der Waals surface area (Å²) in [7, 11) is 0. The maximum absolute atomic E-state index is 12.2. The minimum absolute atomic E-state index is 0.231. The first-order valence-corrected chi connectivity index (χ1v) is 15.6. The number of aromatic amines is 1. The number of pyridine rings is 2. The van der Waals surface area contributed by atoms with Crippen LogP contribution in [0.5, 0.6) is 0 Å². The maximum Gasteiger partial charge on any atom is 0.519 e. The van der Waals surface area contributed by atoms with Crippen molar-refractivity contribution < 1.29 is 33.3 Å². The summed E-state index contributed by atoms with van der Waals surface area (Å²) < 4.78 is 20.6. The number of hydrogen-bond acceptors (Lipinski definition) is 9. The van der Waals surface area contributed by atoms with Crippen LogP contribution in [0.25, 0.3) is 22.1 Å². The van der Waals surface area contributed by atoms with Crippen LogP contribution < -0.4 is 0 Å². The number of H-pyrrole nitrogens is 1. The van der Waals surface area contributed by atoms with Crippen molar-refractivity contribution in [3.05, 3.63) is 59.2 Å². The molecule has 252 valence electrons. The predicted octanol–water partition coefficient (Wildman–Crippen LogP) is 9.35. The van der Waals surface area contributed by atoms with Crippen LogP contribution in [0.1, 0.15) is 84.8 Å². The molecule has 0 atom stereocenters. The number of ether oxygens (including phenoxy) is 4. The minimum atomic E-state index is -1.06. The first-order valence-electron chi connectivity index (χ1n) is 14.5. The SMILES string of the molecule is CC(C)(C)OC(=O)OC(=O)OC(C)(C)C.Cc1cnc2[nH]c(CCl)cc2c1.Cc1cnc2c(c1)cc(CCl)n2C(=O)OC(C)(C)C. The molecular formula is C33H44Cl2N4O7. The molecule has 0 fully saturated rings. The molecule has 0 aliphatic carbocycles. The van der Waals surface area contributed by atoms with Crippen LogP contribution in [0.3, 0.4) is 0 Å². The molecule has 0 radical (unpaired) electrons. The third-order valence-corrected chi connectivity index (χ3v) is 5.88. The lowest BCUT2D eigenvalue weighted by Gasteiger charge is -2.20. The summed E-state index contributed by atoms with van der Waals surface area (Å²) in [6.07, 6.45) is 1.00. The summed E-state index contributed by atoms with van der Waals surface area (Å²) in [5, 5.41) is 2.02. The minimum Gasteiger partial charge on any atom is -0.443 e. The number of halogens is 2. The second-order valence-electron chi connectivity index (χ2n) is 13.4. The summed E-state index contributed by atoms with van der Waals surface area (Å²) in [4.78, 5) is 45.9. The molecule has 0 aromatic carbocycles. The number of aromatic nitrogens is 4. The zero-order valence-electron chi connectivity index (χ0n) is 28.3. The molecule has 4 heterocycles. The Kier molecular flexibility index (Phi) is 13.0. The lowest BCUT2D eigenvalue weighted by atomic mass is 10.2. The highest BCUT2D eigenvalue weighted by atomic mass is 35.5. The van der Waals surface area contributed by atoms with Crippen molar-refractivity contribution in [3.63, 3.8) is 0 Å². The number of hydrogen-bond donors (Lipinski definition) is 1. The van der Waals surface area contributed by atoms with Crippen LogP contribution in [-0.4, -0.2) is 54.7 Å². The van der Waals surface area contributed by atoms with Crippen molar-refractivity contribution in [2.24, 2.45) is 0 Å². The van der Waals surface area contributed by atoms with E-state index in [1.54, 1.807) is 47.7 Å². The molecular weight excluding hydrogens is 635 g/mol. The van der Waals surface area contributed by atoms with Crippen molar-refractivity contribution >= 4 is 63.7 Å². The second-order valence-corrected chi connectivity index (χ2v) is 14.0. The van der Waals surface area contributed by atoms with E-state index in [4.69, 9.17) is 37.4 Å². The van der Waals surface area contributed by atoms with Crippen molar-refractivity contribution in [1.82, 2.24) is 19.5 Å². The Bertz CT molecular complexity index is 1630. The average Bonchev–Trinajstić information content (AvgIpc) is 3.46. The van der Waals surface area contributed by atoms with E-state index in [1.807, 2.05) is 59.0 Å². The normalized spacial score (nSPS) is 11.6. The predicted molar refractivity (Wildman–Crippen MR) is 180 cm³/mol. The molecule has 13 heteroatoms. The average molecular weight is 680 g/mol. The van der Waals surface area contributed by atoms with Gasteiger partial charge in [0.25, 0.3) is 0 Å². The molecule has 0 aliphatic rings. The van der Waals surface area contributed by atoms with E-state index in [9.17, 15) is 14.4 Å². The van der Waals surface area contributed by atoms with Crippen molar-refractivity contribution in [2.45, 2.75) is 105 Å². The van der Waals surface area contributed by atoms with E-state index in [1.165, 1.54) is 10.1 Å². The largest absolute Gasteiger partial charge is 0.519 e. The number of alkyl halides is 2. The highest BCUT2D eigenvalue weighted by Gasteiger charge is 2.25. The summed E-state index contributed by atoms with van der Waals surface area (Å²) in [5.74, 6) is 0.740. The summed E-state index contributed by atoms with van der Waals surface area (Å²) in [5.41, 5.74) is 3.46. The molecule has 4 aromatic heterocycles. The monoisotopic (exact) mass is 678 g/mol. The smallest absolute Gasteiger partial charge is 0.443 e. The van der Waals surface area contributed by atoms with Gasteiger partial charge in [0, 0.05) is 34.6 Å². The number of nitrogens with zero attached hydrogens (tertiary/aromatic N) is 3. The molecule has 0 saturated heterocycles. The molecule has 0 bridgehead atoms. The molecule has 0 unspecified atom stereocenters. The van der Waals surface area contributed by atoms with Gasteiger partial charge in [-0.05, 0) is 112 Å². The Morgan fingerprint density at radius 2 is 1.22 bits per heavy atom. The number of rotatable bonds is 2. The van der Waals surface area contributed by atoms with Crippen molar-refractivity contribution in [3.8, 4) is 0 Å². The quantitative estimate of drug-likeness (QED) is 0.0952. The van der Waals surface area contributed by atoms with Gasteiger partial charge in [-0.15, -0.1) is 23.2 Å². The van der Waals surface area contributed by atoms with E-state index in [-0.39, 0.29) is 5.88 Å². The van der Waals surface area contributed by atoms with E-state index in [0.717, 1.165) is 27.7 Å². The van der Waals surface area contributed by atoms with Gasteiger partial charge in [-0.2, -0.15) is 0 Å². The Morgan fingerprint density at radius 3 is 1.70 bits per heavy atom. The second kappa shape index (κ2) is 15.6. The van der Waals surface area contributed by atoms with Gasteiger partial charge >= 0.3 is 18.4 Å². The van der Waals surface area contributed by atoms with Crippen LogP contribution in [-0.2, 0) is 30.7 Å². The van der Waals surface area contributed by atoms with Gasteiger partial charge in [0.2, 0.25) is 0 Å². The molecule has 4 rings (SSSR count). The lowest BCUT2D eigenvalue weighted by molar-refractivity contribution is -0.0294. The van der Waals surface area contributed by atoms with Crippen LogP contribution in [0.15, 0.2) is 36.7 Å². The zero-order valence-corrected chi connectivity index (χ0v) is 29.8. The fraction of sp³-hybridized carbons (Fsp3) is 0.485. The van der Waals surface area contributed by atoms with Crippen molar-refractivity contribution in [2.75, 3.05) is 0 Å². The number of aryl methyl sites for hydroxylation is 2. The topological polar surface area (TPSA) is 135 Å². The first-order chi connectivity index (χ1) is 21.1. The van der Waals surface area contributed by atoms with Crippen LogP contribution >= 0.6 is 23.2 Å². The van der Waals surface area contributed by atoms with Gasteiger partial charge in [0.1, 0.15) is 28.1 Å². The number of fused-ring (bicyclic) bond motifs is 2. The molecule has 0 aliphatic heterocycles. The maximum atomic E-state index is 12.2. The van der Waals surface area contributed by atoms with E-state index in [2.05, 4.69) is 25.8 Å². The van der Waals surface area contributed by atoms with Gasteiger partial charge < -0.3 is 23.9 Å². The van der Waals surface area contributed by atoms with Gasteiger partial charge in [-0.3, -0.25) is 0 Å². The zero-order chi connectivity index (χ0) is 35.0. The van der Waals surface area contributed by atoms with Crippen LogP contribution in [0.2, 0.25) is 0 Å². The van der Waals surface area contributed by atoms with Gasteiger partial charge in [0.15, 0.2) is 0 Å². The van der Waals surface area contributed by atoms with Crippen LogP contribution in [0.4, 0.5) is 14.4 Å². The highest BCUT2D eigenvalue weighted by molar-refractivity contribution is 6.17. The molecule has 0 spiro atoms. The third-order valence-electron chi connectivity index (χ3n) is 5.32. The summed E-state index contributed by atoms with van der Waals surface area (Å²) in [6, 6.07) is 7.96. The first kappa shape index (κ1) is 38.4. The molecule has 0 amide bonds.